The van der Waals surface area contributed by atoms with Crippen LogP contribution in [-0.4, -0.2) is 14.9 Å². The quantitative estimate of drug-likeness (QED) is 0.341. The summed E-state index contributed by atoms with van der Waals surface area (Å²) in [5, 5.41) is 13.0. The van der Waals surface area contributed by atoms with Crippen LogP contribution in [0.3, 0.4) is 0 Å². The van der Waals surface area contributed by atoms with Crippen LogP contribution in [0.2, 0.25) is 0 Å². The van der Waals surface area contributed by atoms with Crippen molar-refractivity contribution in [2.75, 3.05) is 10.7 Å². The summed E-state index contributed by atoms with van der Waals surface area (Å²) < 4.78 is 39.7. The molecular formula is C10H7F3N6O2. The van der Waals surface area contributed by atoms with Gasteiger partial charge in [0, 0.05) is 12.1 Å². The molecule has 0 aliphatic rings. The maximum absolute atomic E-state index is 13.5. The number of halogens is 3. The van der Waals surface area contributed by atoms with E-state index in [2.05, 4.69) is 15.3 Å². The third-order valence-electron chi connectivity index (χ3n) is 2.34. The average Bonchev–Trinajstić information content (AvgIpc) is 2.43. The van der Waals surface area contributed by atoms with E-state index in [9.17, 15) is 23.3 Å². The monoisotopic (exact) mass is 300 g/mol. The Morgan fingerprint density at radius 1 is 1.29 bits per heavy atom. The van der Waals surface area contributed by atoms with Gasteiger partial charge in [0.05, 0.1) is 10.6 Å². The summed E-state index contributed by atoms with van der Waals surface area (Å²) in [4.78, 5) is 17.1. The molecule has 8 nitrogen and oxygen atoms in total. The molecule has 0 saturated heterocycles. The lowest BCUT2D eigenvalue weighted by atomic mass is 10.2. The number of aromatic nitrogens is 2. The smallest absolute Gasteiger partial charge is 0.329 e. The Morgan fingerprint density at radius 2 is 2.00 bits per heavy atom. The van der Waals surface area contributed by atoms with Crippen LogP contribution < -0.4 is 16.6 Å². The molecule has 21 heavy (non-hydrogen) atoms. The molecule has 0 aliphatic heterocycles. The molecule has 110 valence electrons. The zero-order valence-electron chi connectivity index (χ0n) is 10.1. The minimum absolute atomic E-state index is 0.208. The normalized spacial score (nSPS) is 10.3. The molecule has 0 saturated carbocycles. The largest absolute Gasteiger partial charge is 0.332 e. The summed E-state index contributed by atoms with van der Waals surface area (Å²) in [7, 11) is 0. The Kier molecular flexibility index (Phi) is 3.84. The predicted molar refractivity (Wildman–Crippen MR) is 66.1 cm³/mol. The molecule has 1 aromatic carbocycles. The van der Waals surface area contributed by atoms with Crippen LogP contribution >= 0.6 is 0 Å². The number of hydrogen-bond donors (Lipinski definition) is 3. The number of nitro groups is 1. The van der Waals surface area contributed by atoms with Crippen molar-refractivity contribution in [1.29, 1.82) is 0 Å². The van der Waals surface area contributed by atoms with Crippen molar-refractivity contribution in [3.63, 3.8) is 0 Å². The van der Waals surface area contributed by atoms with Gasteiger partial charge < -0.3 is 5.32 Å². The van der Waals surface area contributed by atoms with E-state index >= 15 is 0 Å². The molecule has 0 bridgehead atoms. The van der Waals surface area contributed by atoms with E-state index in [0.29, 0.717) is 12.1 Å². The molecule has 2 rings (SSSR count). The Morgan fingerprint density at radius 3 is 2.62 bits per heavy atom. The van der Waals surface area contributed by atoms with Crippen molar-refractivity contribution in [2.45, 2.75) is 0 Å². The molecule has 11 heteroatoms. The Labute approximate surface area is 114 Å². The topological polar surface area (TPSA) is 119 Å². The molecule has 0 aliphatic carbocycles. The molecule has 4 N–H and O–H groups in total. The lowest BCUT2D eigenvalue weighted by molar-refractivity contribution is -0.384. The summed E-state index contributed by atoms with van der Waals surface area (Å²) in [6, 6.07) is 0.960. The van der Waals surface area contributed by atoms with Crippen LogP contribution in [0.1, 0.15) is 0 Å². The third kappa shape index (κ3) is 2.97. The third-order valence-corrected chi connectivity index (χ3v) is 2.34. The first kappa shape index (κ1) is 14.5. The number of rotatable bonds is 4. The number of nitrogens with one attached hydrogen (secondary N) is 2. The second-order valence-corrected chi connectivity index (χ2v) is 3.70. The summed E-state index contributed by atoms with van der Waals surface area (Å²) in [5.41, 5.74) is 0.748. The van der Waals surface area contributed by atoms with Crippen LogP contribution in [0.5, 0.6) is 0 Å². The fourth-order valence-corrected chi connectivity index (χ4v) is 1.45. The van der Waals surface area contributed by atoms with Crippen LogP contribution in [0.25, 0.3) is 0 Å². The van der Waals surface area contributed by atoms with E-state index in [1.807, 2.05) is 5.43 Å². The van der Waals surface area contributed by atoms with E-state index in [1.54, 1.807) is 0 Å². The van der Waals surface area contributed by atoms with Gasteiger partial charge in [0.25, 0.3) is 0 Å². The molecule has 0 radical (unpaired) electrons. The zero-order valence-corrected chi connectivity index (χ0v) is 10.1. The molecule has 1 aromatic heterocycles. The second-order valence-electron chi connectivity index (χ2n) is 3.70. The molecule has 1 heterocycles. The SMILES string of the molecule is NNc1ncc([N+](=O)[O-])c(Nc2cc(F)cc(F)c2F)n1. The minimum Gasteiger partial charge on any atom is -0.332 e. The fourth-order valence-electron chi connectivity index (χ4n) is 1.45. The number of anilines is 3. The van der Waals surface area contributed by atoms with Gasteiger partial charge in [-0.05, 0) is 0 Å². The molecule has 2 aromatic rings. The molecule has 0 amide bonds. The number of hydrogen-bond acceptors (Lipinski definition) is 7. The fraction of sp³-hybridized carbons (Fsp3) is 0. The molecule has 0 atom stereocenters. The van der Waals surface area contributed by atoms with Crippen molar-refractivity contribution in [2.24, 2.45) is 5.84 Å². The summed E-state index contributed by atoms with van der Waals surface area (Å²) in [6.07, 6.45) is 0.804. The van der Waals surface area contributed by atoms with Gasteiger partial charge in [0.15, 0.2) is 11.6 Å². The highest BCUT2D eigenvalue weighted by Gasteiger charge is 2.20. The molecule has 0 unspecified atom stereocenters. The highest BCUT2D eigenvalue weighted by molar-refractivity contribution is 5.66. The van der Waals surface area contributed by atoms with Crippen molar-refractivity contribution >= 4 is 23.1 Å². The van der Waals surface area contributed by atoms with E-state index < -0.39 is 39.6 Å². The van der Waals surface area contributed by atoms with Gasteiger partial charge in [0.1, 0.15) is 12.0 Å². The first-order valence-electron chi connectivity index (χ1n) is 5.32. The minimum atomic E-state index is -1.45. The van der Waals surface area contributed by atoms with E-state index in [1.165, 1.54) is 0 Å². The van der Waals surface area contributed by atoms with Crippen molar-refractivity contribution in [3.8, 4) is 0 Å². The standard InChI is InChI=1S/C10H7F3N6O2/c11-4-1-5(12)8(13)6(2-4)16-9-7(19(20)21)3-15-10(17-9)18-14/h1-3H,14H2,(H2,15,16,17,18). The van der Waals surface area contributed by atoms with Gasteiger partial charge in [-0.25, -0.2) is 24.0 Å². The molecule has 0 fully saturated rings. The Hall–Kier alpha value is -2.95. The number of nitrogens with two attached hydrogens (primary N) is 1. The number of nitrogen functional groups attached to an aromatic ring is 1. The highest BCUT2D eigenvalue weighted by Crippen LogP contribution is 2.28. The summed E-state index contributed by atoms with van der Waals surface area (Å²) >= 11 is 0. The predicted octanol–water partition coefficient (Wildman–Crippen LogP) is 1.83. The summed E-state index contributed by atoms with van der Waals surface area (Å²) in [5.74, 6) is 0.434. The van der Waals surface area contributed by atoms with Gasteiger partial charge in [-0.15, -0.1) is 0 Å². The van der Waals surface area contributed by atoms with Gasteiger partial charge in [-0.3, -0.25) is 15.5 Å². The number of nitrogens with zero attached hydrogens (tertiary/aromatic N) is 3. The van der Waals surface area contributed by atoms with Crippen molar-refractivity contribution in [1.82, 2.24) is 9.97 Å². The van der Waals surface area contributed by atoms with Crippen LogP contribution in [0.4, 0.5) is 36.3 Å². The highest BCUT2D eigenvalue weighted by atomic mass is 19.2. The average molecular weight is 300 g/mol. The summed E-state index contributed by atoms with van der Waals surface area (Å²) in [6.45, 7) is 0. The van der Waals surface area contributed by atoms with Crippen molar-refractivity contribution in [3.05, 3.63) is 45.9 Å². The van der Waals surface area contributed by atoms with Gasteiger partial charge in [-0.1, -0.05) is 0 Å². The maximum atomic E-state index is 13.5. The first-order chi connectivity index (χ1) is 9.92. The van der Waals surface area contributed by atoms with Crippen LogP contribution in [-0.2, 0) is 0 Å². The Balaban J connectivity index is 2.50. The van der Waals surface area contributed by atoms with E-state index in [-0.39, 0.29) is 5.95 Å². The zero-order chi connectivity index (χ0) is 15.6. The lowest BCUT2D eigenvalue weighted by Crippen LogP contribution is -2.12. The number of benzene rings is 1. The number of hydrazine groups is 1. The molecule has 0 spiro atoms. The van der Waals surface area contributed by atoms with Crippen molar-refractivity contribution < 1.29 is 18.1 Å². The molecular weight excluding hydrogens is 293 g/mol. The lowest BCUT2D eigenvalue weighted by Gasteiger charge is -2.09. The Bertz CT molecular complexity index is 711. The van der Waals surface area contributed by atoms with Gasteiger partial charge in [0.2, 0.25) is 11.8 Å². The van der Waals surface area contributed by atoms with Gasteiger partial charge >= 0.3 is 5.69 Å². The first-order valence-corrected chi connectivity index (χ1v) is 5.32. The maximum Gasteiger partial charge on any atom is 0.329 e. The van der Waals surface area contributed by atoms with E-state index in [0.717, 1.165) is 6.20 Å². The van der Waals surface area contributed by atoms with Gasteiger partial charge in [-0.2, -0.15) is 4.98 Å². The van der Waals surface area contributed by atoms with Crippen LogP contribution in [0, 0.1) is 27.6 Å². The van der Waals surface area contributed by atoms with E-state index in [4.69, 9.17) is 5.84 Å². The van der Waals surface area contributed by atoms with Crippen LogP contribution in [0.15, 0.2) is 18.3 Å². The second kappa shape index (κ2) is 5.58.